The Kier molecular flexibility index (Phi) is 1.04. The molecule has 1 unspecified atom stereocenters. The first-order valence-electron chi connectivity index (χ1n) is 1.87. The second-order valence-electron chi connectivity index (χ2n) is 1.49. The summed E-state index contributed by atoms with van der Waals surface area (Å²) in [5.74, 6) is 0. The Balaban J connectivity index is 2.71. The van der Waals surface area contributed by atoms with Crippen molar-refractivity contribution in [2.45, 2.75) is 11.7 Å². The van der Waals surface area contributed by atoms with Gasteiger partial charge in [0.25, 0.3) is 0 Å². The molecule has 1 aliphatic rings. The number of rotatable bonds is 1. The standard InChI is InChI=1S/C3H4ClO2S/c4-7(5,6)3-1-2-3/h1,3H,2H2. The van der Waals surface area contributed by atoms with Crippen molar-refractivity contribution in [2.75, 3.05) is 0 Å². The minimum Gasteiger partial charge on any atom is -0.212 e. The van der Waals surface area contributed by atoms with Crippen LogP contribution in [0, 0.1) is 6.42 Å². The van der Waals surface area contributed by atoms with Crippen LogP contribution < -0.4 is 0 Å². The van der Waals surface area contributed by atoms with Gasteiger partial charge in [-0.1, -0.05) is 0 Å². The first kappa shape index (κ1) is 5.38. The molecule has 4 heteroatoms. The summed E-state index contributed by atoms with van der Waals surface area (Å²) in [7, 11) is 1.66. The number of halogens is 1. The second kappa shape index (κ2) is 1.36. The van der Waals surface area contributed by atoms with Gasteiger partial charge in [-0.25, -0.2) is 8.42 Å². The quantitative estimate of drug-likeness (QED) is 0.497. The number of hydrogen-bond donors (Lipinski definition) is 0. The molecule has 0 aromatic heterocycles. The maximum atomic E-state index is 10.1. The molecular weight excluding hydrogens is 136 g/mol. The van der Waals surface area contributed by atoms with Crippen LogP contribution in [0.1, 0.15) is 6.42 Å². The van der Waals surface area contributed by atoms with E-state index >= 15 is 0 Å². The summed E-state index contributed by atoms with van der Waals surface area (Å²) in [6.45, 7) is 0. The van der Waals surface area contributed by atoms with E-state index in [-0.39, 0.29) is 5.25 Å². The fourth-order valence-corrected chi connectivity index (χ4v) is 1.29. The SMILES string of the molecule is O=S(=O)(Cl)C1[CH]C1. The zero-order chi connectivity index (χ0) is 5.49. The zero-order valence-electron chi connectivity index (χ0n) is 3.46. The number of hydrogen-bond acceptors (Lipinski definition) is 2. The molecule has 1 fully saturated rings. The topological polar surface area (TPSA) is 34.1 Å². The van der Waals surface area contributed by atoms with Crippen LogP contribution in [-0.2, 0) is 9.05 Å². The van der Waals surface area contributed by atoms with E-state index in [2.05, 4.69) is 0 Å². The van der Waals surface area contributed by atoms with Gasteiger partial charge in [0.2, 0.25) is 9.05 Å². The van der Waals surface area contributed by atoms with E-state index in [0.717, 1.165) is 0 Å². The van der Waals surface area contributed by atoms with Crippen molar-refractivity contribution >= 4 is 19.7 Å². The van der Waals surface area contributed by atoms with Gasteiger partial charge in [0.15, 0.2) is 0 Å². The van der Waals surface area contributed by atoms with Gasteiger partial charge in [-0.2, -0.15) is 0 Å². The Hall–Kier alpha value is 0.240. The third-order valence-corrected chi connectivity index (χ3v) is 2.58. The molecule has 1 atom stereocenters. The molecule has 0 bridgehead atoms. The van der Waals surface area contributed by atoms with Crippen molar-refractivity contribution in [2.24, 2.45) is 0 Å². The molecular formula is C3H4ClO2S. The molecule has 0 N–H and O–H groups in total. The van der Waals surface area contributed by atoms with Crippen LogP contribution in [0.2, 0.25) is 0 Å². The van der Waals surface area contributed by atoms with Gasteiger partial charge < -0.3 is 0 Å². The van der Waals surface area contributed by atoms with Gasteiger partial charge in [0.1, 0.15) is 0 Å². The molecule has 1 radical (unpaired) electrons. The van der Waals surface area contributed by atoms with E-state index in [1.165, 1.54) is 0 Å². The van der Waals surface area contributed by atoms with Crippen molar-refractivity contribution in [1.29, 1.82) is 0 Å². The van der Waals surface area contributed by atoms with E-state index in [9.17, 15) is 8.42 Å². The lowest BCUT2D eigenvalue weighted by atomic mass is 11.0. The minimum atomic E-state index is -3.21. The zero-order valence-corrected chi connectivity index (χ0v) is 5.04. The third kappa shape index (κ3) is 1.31. The molecule has 0 aromatic carbocycles. The molecule has 0 spiro atoms. The lowest BCUT2D eigenvalue weighted by molar-refractivity contribution is 0.609. The van der Waals surface area contributed by atoms with E-state index in [1.807, 2.05) is 0 Å². The predicted molar refractivity (Wildman–Crippen MR) is 27.5 cm³/mol. The Labute approximate surface area is 46.9 Å². The summed E-state index contributed by atoms with van der Waals surface area (Å²) < 4.78 is 20.3. The summed E-state index contributed by atoms with van der Waals surface area (Å²) in [6.07, 6.45) is 2.29. The third-order valence-electron chi connectivity index (χ3n) is 0.790. The van der Waals surface area contributed by atoms with Gasteiger partial charge in [0.05, 0.1) is 5.25 Å². The van der Waals surface area contributed by atoms with Crippen molar-refractivity contribution in [3.63, 3.8) is 0 Å². The molecule has 7 heavy (non-hydrogen) atoms. The largest absolute Gasteiger partial charge is 0.235 e. The lowest BCUT2D eigenvalue weighted by Crippen LogP contribution is -1.94. The van der Waals surface area contributed by atoms with Gasteiger partial charge in [0, 0.05) is 10.7 Å². The Morgan fingerprint density at radius 3 is 2.14 bits per heavy atom. The highest BCUT2D eigenvalue weighted by Gasteiger charge is 2.34. The summed E-state index contributed by atoms with van der Waals surface area (Å²) in [5.41, 5.74) is 0. The van der Waals surface area contributed by atoms with Gasteiger partial charge in [-0.05, 0) is 12.8 Å². The molecule has 0 aromatic rings. The highest BCUT2D eigenvalue weighted by molar-refractivity contribution is 8.14. The Bertz CT molecular complexity index is 156. The van der Waals surface area contributed by atoms with Crippen molar-refractivity contribution in [3.8, 4) is 0 Å². The molecule has 0 amide bonds. The van der Waals surface area contributed by atoms with Crippen molar-refractivity contribution < 1.29 is 8.42 Å². The predicted octanol–water partition coefficient (Wildman–Crippen LogP) is 0.532. The molecule has 1 aliphatic carbocycles. The molecule has 0 heterocycles. The molecule has 1 saturated carbocycles. The fraction of sp³-hybridized carbons (Fsp3) is 0.667. The first-order chi connectivity index (χ1) is 3.11. The summed E-state index contributed by atoms with van der Waals surface area (Å²) in [4.78, 5) is 0. The maximum absolute atomic E-state index is 10.1. The maximum Gasteiger partial charge on any atom is 0.235 e. The van der Waals surface area contributed by atoms with Gasteiger partial charge in [-0.15, -0.1) is 0 Å². The van der Waals surface area contributed by atoms with Crippen LogP contribution in [0.4, 0.5) is 0 Å². The summed E-state index contributed by atoms with van der Waals surface area (Å²) >= 11 is 0. The van der Waals surface area contributed by atoms with E-state index < -0.39 is 9.05 Å². The molecule has 0 aliphatic heterocycles. The van der Waals surface area contributed by atoms with E-state index in [4.69, 9.17) is 10.7 Å². The highest BCUT2D eigenvalue weighted by Crippen LogP contribution is 2.29. The lowest BCUT2D eigenvalue weighted by Gasteiger charge is -1.80. The summed E-state index contributed by atoms with van der Waals surface area (Å²) in [6, 6.07) is 0. The van der Waals surface area contributed by atoms with Crippen LogP contribution >= 0.6 is 10.7 Å². The average Bonchev–Trinajstić information content (AvgIpc) is 1.99. The van der Waals surface area contributed by atoms with Crippen LogP contribution in [0.3, 0.4) is 0 Å². The van der Waals surface area contributed by atoms with Crippen LogP contribution in [0.5, 0.6) is 0 Å². The van der Waals surface area contributed by atoms with E-state index in [0.29, 0.717) is 6.42 Å². The smallest absolute Gasteiger partial charge is 0.212 e. The van der Waals surface area contributed by atoms with Crippen molar-refractivity contribution in [1.82, 2.24) is 0 Å². The van der Waals surface area contributed by atoms with Crippen LogP contribution in [-0.4, -0.2) is 13.7 Å². The Morgan fingerprint density at radius 1 is 1.71 bits per heavy atom. The van der Waals surface area contributed by atoms with Crippen LogP contribution in [0.25, 0.3) is 0 Å². The highest BCUT2D eigenvalue weighted by atomic mass is 35.7. The van der Waals surface area contributed by atoms with Gasteiger partial charge in [-0.3, -0.25) is 0 Å². The summed E-state index contributed by atoms with van der Waals surface area (Å²) in [5, 5.41) is -0.339. The van der Waals surface area contributed by atoms with Crippen molar-refractivity contribution in [3.05, 3.63) is 6.42 Å². The Morgan fingerprint density at radius 2 is 2.14 bits per heavy atom. The monoisotopic (exact) mass is 139 g/mol. The first-order valence-corrected chi connectivity index (χ1v) is 4.25. The van der Waals surface area contributed by atoms with E-state index in [1.54, 1.807) is 6.42 Å². The molecule has 2 nitrogen and oxygen atoms in total. The minimum absolute atomic E-state index is 0.339. The normalized spacial score (nSPS) is 22.4. The second-order valence-corrected chi connectivity index (χ2v) is 4.33. The fourth-order valence-electron chi connectivity index (χ4n) is 0.285. The molecule has 0 saturated heterocycles. The molecule has 1 rings (SSSR count). The van der Waals surface area contributed by atoms with Crippen LogP contribution in [0.15, 0.2) is 0 Å². The molecule has 41 valence electrons. The average molecular weight is 140 g/mol. The van der Waals surface area contributed by atoms with Gasteiger partial charge >= 0.3 is 0 Å².